The van der Waals surface area contributed by atoms with Gasteiger partial charge in [-0.15, -0.1) is 0 Å². The number of piperazine rings is 1. The lowest BCUT2D eigenvalue weighted by atomic mass is 10.1. The summed E-state index contributed by atoms with van der Waals surface area (Å²) in [5.41, 5.74) is 2.98. The van der Waals surface area contributed by atoms with Crippen LogP contribution in [0, 0.1) is 0 Å². The van der Waals surface area contributed by atoms with Crippen molar-refractivity contribution in [1.82, 2.24) is 19.7 Å². The van der Waals surface area contributed by atoms with E-state index in [4.69, 9.17) is 4.74 Å². The minimum absolute atomic E-state index is 0.127. The number of rotatable bonds is 8. The van der Waals surface area contributed by atoms with Crippen LogP contribution in [0.5, 0.6) is 0 Å². The molecule has 7 nitrogen and oxygen atoms in total. The van der Waals surface area contributed by atoms with Crippen molar-refractivity contribution >= 4 is 5.69 Å². The van der Waals surface area contributed by atoms with E-state index in [0.29, 0.717) is 6.61 Å². The molecule has 7 heteroatoms. The highest BCUT2D eigenvalue weighted by atomic mass is 16.5. The molecule has 0 unspecified atom stereocenters. The highest BCUT2D eigenvalue weighted by Gasteiger charge is 2.22. The predicted molar refractivity (Wildman–Crippen MR) is 123 cm³/mol. The summed E-state index contributed by atoms with van der Waals surface area (Å²) in [6.45, 7) is 8.56. The number of nitrogens with zero attached hydrogens (tertiary/aromatic N) is 4. The van der Waals surface area contributed by atoms with Gasteiger partial charge in [0.15, 0.2) is 0 Å². The second-order valence-electron chi connectivity index (χ2n) is 7.96. The first-order valence-corrected chi connectivity index (χ1v) is 11.0. The van der Waals surface area contributed by atoms with E-state index in [9.17, 15) is 4.79 Å². The zero-order valence-electron chi connectivity index (χ0n) is 18.3. The van der Waals surface area contributed by atoms with Gasteiger partial charge in [0.25, 0.3) is 0 Å². The van der Waals surface area contributed by atoms with E-state index in [2.05, 4.69) is 34.4 Å². The molecule has 3 aromatic rings. The molecule has 1 fully saturated rings. The van der Waals surface area contributed by atoms with Gasteiger partial charge in [-0.3, -0.25) is 0 Å². The first-order chi connectivity index (χ1) is 15.2. The van der Waals surface area contributed by atoms with Crippen molar-refractivity contribution in [3.8, 4) is 5.69 Å². The summed E-state index contributed by atoms with van der Waals surface area (Å²) in [6, 6.07) is 18.1. The van der Waals surface area contributed by atoms with Crippen molar-refractivity contribution in [2.24, 2.45) is 0 Å². The third-order valence-corrected chi connectivity index (χ3v) is 5.93. The van der Waals surface area contributed by atoms with Crippen molar-refractivity contribution in [1.29, 1.82) is 0 Å². The van der Waals surface area contributed by atoms with E-state index in [1.807, 2.05) is 49.4 Å². The van der Waals surface area contributed by atoms with E-state index < -0.39 is 0 Å². The third-order valence-electron chi connectivity index (χ3n) is 5.93. The lowest BCUT2D eigenvalue weighted by Gasteiger charge is -2.29. The van der Waals surface area contributed by atoms with Gasteiger partial charge in [-0.2, -0.15) is 5.10 Å². The van der Waals surface area contributed by atoms with Crippen LogP contribution in [0.2, 0.25) is 0 Å². The first kappa shape index (κ1) is 21.3. The van der Waals surface area contributed by atoms with Crippen molar-refractivity contribution in [3.63, 3.8) is 0 Å². The SMILES string of the molecule is CC[C@@H]([C@H](C)OCc1ccccc1)n1ncn(-c2ccc(N3CCNCC3)cc2)c1=O. The van der Waals surface area contributed by atoms with E-state index in [1.54, 1.807) is 15.6 Å². The number of nitrogens with one attached hydrogen (secondary N) is 1. The van der Waals surface area contributed by atoms with Crippen LogP contribution in [-0.2, 0) is 11.3 Å². The van der Waals surface area contributed by atoms with Gasteiger partial charge in [0.2, 0.25) is 0 Å². The van der Waals surface area contributed by atoms with Crippen molar-refractivity contribution < 1.29 is 4.74 Å². The Kier molecular flexibility index (Phi) is 6.84. The maximum atomic E-state index is 13.1. The van der Waals surface area contributed by atoms with Crippen LogP contribution in [-0.4, -0.2) is 46.6 Å². The predicted octanol–water partition coefficient (Wildman–Crippen LogP) is 3.00. The summed E-state index contributed by atoms with van der Waals surface area (Å²) in [5, 5.41) is 7.79. The molecule has 0 aliphatic carbocycles. The Labute approximate surface area is 183 Å². The molecular formula is C24H31N5O2. The molecule has 0 radical (unpaired) electrons. The van der Waals surface area contributed by atoms with Crippen LogP contribution in [0.4, 0.5) is 5.69 Å². The Morgan fingerprint density at radius 1 is 1.03 bits per heavy atom. The number of hydrogen-bond donors (Lipinski definition) is 1. The molecule has 1 aliphatic heterocycles. The van der Waals surface area contributed by atoms with Crippen molar-refractivity contribution in [3.05, 3.63) is 77.0 Å². The van der Waals surface area contributed by atoms with Gasteiger partial charge in [-0.25, -0.2) is 14.0 Å². The highest BCUT2D eigenvalue weighted by molar-refractivity contribution is 5.51. The minimum Gasteiger partial charge on any atom is -0.372 e. The van der Waals surface area contributed by atoms with Crippen LogP contribution >= 0.6 is 0 Å². The summed E-state index contributed by atoms with van der Waals surface area (Å²) in [4.78, 5) is 15.5. The van der Waals surface area contributed by atoms with Gasteiger partial charge >= 0.3 is 5.69 Å². The van der Waals surface area contributed by atoms with E-state index in [1.165, 1.54) is 5.69 Å². The quantitative estimate of drug-likeness (QED) is 0.606. The maximum Gasteiger partial charge on any atom is 0.350 e. The number of hydrogen-bond acceptors (Lipinski definition) is 5. The molecule has 164 valence electrons. The molecular weight excluding hydrogens is 390 g/mol. The molecule has 1 N–H and O–H groups in total. The molecule has 4 rings (SSSR count). The van der Waals surface area contributed by atoms with E-state index >= 15 is 0 Å². The Bertz CT molecular complexity index is 1010. The molecule has 2 aromatic carbocycles. The standard InChI is InChI=1S/C24H31N5O2/c1-3-23(19(2)31-17-20-7-5-4-6-8-20)29-24(30)28(18-26-29)22-11-9-21(10-12-22)27-15-13-25-14-16-27/h4-12,18-19,23,25H,3,13-17H2,1-2H3/t19-,23-/m0/s1. The van der Waals surface area contributed by atoms with Gasteiger partial charge in [0.05, 0.1) is 24.4 Å². The molecule has 2 heterocycles. The summed E-state index contributed by atoms with van der Waals surface area (Å²) in [7, 11) is 0. The monoisotopic (exact) mass is 421 g/mol. The van der Waals surface area contributed by atoms with Crippen LogP contribution in [0.1, 0.15) is 31.9 Å². The Balaban J connectivity index is 1.47. The van der Waals surface area contributed by atoms with Gasteiger partial charge < -0.3 is 15.0 Å². The van der Waals surface area contributed by atoms with E-state index in [-0.39, 0.29) is 17.8 Å². The number of benzene rings is 2. The molecule has 0 amide bonds. The lowest BCUT2D eigenvalue weighted by molar-refractivity contribution is 0.0117. The zero-order chi connectivity index (χ0) is 21.6. The molecule has 1 aromatic heterocycles. The Hall–Kier alpha value is -2.90. The fourth-order valence-electron chi connectivity index (χ4n) is 4.08. The lowest BCUT2D eigenvalue weighted by Crippen LogP contribution is -2.43. The van der Waals surface area contributed by atoms with E-state index in [0.717, 1.165) is 43.9 Å². The molecule has 1 saturated heterocycles. The molecule has 31 heavy (non-hydrogen) atoms. The highest BCUT2D eigenvalue weighted by Crippen LogP contribution is 2.20. The van der Waals surface area contributed by atoms with Crippen molar-refractivity contribution in [2.45, 2.75) is 39.0 Å². The molecule has 0 bridgehead atoms. The summed E-state index contributed by atoms with van der Waals surface area (Å²) >= 11 is 0. The molecule has 0 saturated carbocycles. The van der Waals surface area contributed by atoms with Crippen molar-refractivity contribution in [2.75, 3.05) is 31.1 Å². The summed E-state index contributed by atoms with van der Waals surface area (Å²) < 4.78 is 9.23. The number of anilines is 1. The van der Waals surface area contributed by atoms with Crippen LogP contribution < -0.4 is 15.9 Å². The van der Waals surface area contributed by atoms with Crippen LogP contribution in [0.3, 0.4) is 0 Å². The molecule has 0 spiro atoms. The van der Waals surface area contributed by atoms with Gasteiger partial charge in [0, 0.05) is 31.9 Å². The summed E-state index contributed by atoms with van der Waals surface area (Å²) in [6.07, 6.45) is 2.23. The smallest absolute Gasteiger partial charge is 0.350 e. The Morgan fingerprint density at radius 2 is 1.71 bits per heavy atom. The second-order valence-corrected chi connectivity index (χ2v) is 7.96. The number of aromatic nitrogens is 3. The first-order valence-electron chi connectivity index (χ1n) is 11.0. The average Bonchev–Trinajstić information content (AvgIpc) is 3.20. The van der Waals surface area contributed by atoms with Crippen LogP contribution in [0.15, 0.2) is 65.7 Å². The maximum absolute atomic E-state index is 13.1. The minimum atomic E-state index is -0.142. The van der Waals surface area contributed by atoms with Gasteiger partial charge in [-0.1, -0.05) is 37.3 Å². The average molecular weight is 422 g/mol. The van der Waals surface area contributed by atoms with Gasteiger partial charge in [0.1, 0.15) is 6.33 Å². The zero-order valence-corrected chi connectivity index (χ0v) is 18.3. The van der Waals surface area contributed by atoms with Gasteiger partial charge in [-0.05, 0) is 43.2 Å². The fourth-order valence-corrected chi connectivity index (χ4v) is 4.08. The van der Waals surface area contributed by atoms with Crippen LogP contribution in [0.25, 0.3) is 5.69 Å². The summed E-state index contributed by atoms with van der Waals surface area (Å²) in [5.74, 6) is 0. The topological polar surface area (TPSA) is 64.3 Å². The molecule has 1 aliphatic rings. The Morgan fingerprint density at radius 3 is 2.39 bits per heavy atom. The molecule has 2 atom stereocenters. The third kappa shape index (κ3) is 4.89. The number of ether oxygens (including phenoxy) is 1. The normalized spacial score (nSPS) is 16.3. The fraction of sp³-hybridized carbons (Fsp3) is 0.417. The second kappa shape index (κ2) is 9.94. The largest absolute Gasteiger partial charge is 0.372 e.